The highest BCUT2D eigenvalue weighted by atomic mass is 16.5. The largest absolute Gasteiger partial charge is 0.462 e. The standard InChI is InChI=1S/C12H14N2O2/c1-4-16-12(15)11-9(3)13-14-6-5-8(2)7-10(11)14/h5-7H,4H2,1-3H3. The Hall–Kier alpha value is -1.84. The van der Waals surface area contributed by atoms with Gasteiger partial charge in [0.25, 0.3) is 0 Å². The molecule has 16 heavy (non-hydrogen) atoms. The monoisotopic (exact) mass is 218 g/mol. The zero-order valence-electron chi connectivity index (χ0n) is 9.65. The van der Waals surface area contributed by atoms with Crippen molar-refractivity contribution in [1.29, 1.82) is 0 Å². The highest BCUT2D eigenvalue weighted by Crippen LogP contribution is 2.17. The van der Waals surface area contributed by atoms with E-state index in [9.17, 15) is 4.79 Å². The van der Waals surface area contributed by atoms with Gasteiger partial charge in [-0.25, -0.2) is 9.31 Å². The van der Waals surface area contributed by atoms with Crippen molar-refractivity contribution < 1.29 is 9.53 Å². The van der Waals surface area contributed by atoms with Gasteiger partial charge in [0.05, 0.1) is 17.8 Å². The fourth-order valence-corrected chi connectivity index (χ4v) is 1.72. The molecule has 0 amide bonds. The number of carbonyl (C=O) groups excluding carboxylic acids is 1. The van der Waals surface area contributed by atoms with Crippen LogP contribution in [0, 0.1) is 13.8 Å². The first-order valence-electron chi connectivity index (χ1n) is 5.26. The predicted molar refractivity (Wildman–Crippen MR) is 60.6 cm³/mol. The van der Waals surface area contributed by atoms with Crippen LogP contribution in [0.25, 0.3) is 5.52 Å². The molecular weight excluding hydrogens is 204 g/mol. The highest BCUT2D eigenvalue weighted by molar-refractivity contribution is 5.98. The fourth-order valence-electron chi connectivity index (χ4n) is 1.72. The van der Waals surface area contributed by atoms with E-state index in [1.54, 1.807) is 11.4 Å². The summed E-state index contributed by atoms with van der Waals surface area (Å²) in [6.45, 7) is 5.97. The van der Waals surface area contributed by atoms with Crippen LogP contribution in [0.1, 0.15) is 28.5 Å². The number of rotatable bonds is 2. The zero-order valence-corrected chi connectivity index (χ0v) is 9.65. The van der Waals surface area contributed by atoms with Crippen LogP contribution in [0.5, 0.6) is 0 Å². The van der Waals surface area contributed by atoms with Crippen LogP contribution in [0.15, 0.2) is 18.3 Å². The minimum absolute atomic E-state index is 0.305. The maximum atomic E-state index is 11.8. The van der Waals surface area contributed by atoms with E-state index >= 15 is 0 Å². The molecule has 0 saturated carbocycles. The lowest BCUT2D eigenvalue weighted by atomic mass is 10.2. The van der Waals surface area contributed by atoms with Gasteiger partial charge < -0.3 is 4.74 Å². The Morgan fingerprint density at radius 3 is 2.94 bits per heavy atom. The molecule has 4 heteroatoms. The smallest absolute Gasteiger partial charge is 0.342 e. The van der Waals surface area contributed by atoms with Gasteiger partial charge in [0, 0.05) is 6.20 Å². The Kier molecular flexibility index (Phi) is 2.64. The van der Waals surface area contributed by atoms with E-state index in [1.165, 1.54) is 0 Å². The summed E-state index contributed by atoms with van der Waals surface area (Å²) in [7, 11) is 0. The molecule has 0 saturated heterocycles. The molecule has 0 bridgehead atoms. The molecule has 0 spiro atoms. The molecule has 0 aliphatic rings. The van der Waals surface area contributed by atoms with Crippen molar-refractivity contribution in [3.05, 3.63) is 35.2 Å². The van der Waals surface area contributed by atoms with Gasteiger partial charge in [-0.1, -0.05) is 0 Å². The number of hydrogen-bond acceptors (Lipinski definition) is 3. The van der Waals surface area contributed by atoms with Crippen LogP contribution < -0.4 is 0 Å². The molecule has 2 aromatic rings. The van der Waals surface area contributed by atoms with E-state index in [4.69, 9.17) is 4.74 Å². The van der Waals surface area contributed by atoms with Gasteiger partial charge in [0.2, 0.25) is 0 Å². The maximum absolute atomic E-state index is 11.8. The Balaban J connectivity index is 2.62. The third kappa shape index (κ3) is 1.66. The van der Waals surface area contributed by atoms with E-state index < -0.39 is 0 Å². The highest BCUT2D eigenvalue weighted by Gasteiger charge is 2.17. The van der Waals surface area contributed by atoms with Crippen LogP contribution in [-0.4, -0.2) is 22.2 Å². The number of carbonyl (C=O) groups is 1. The lowest BCUT2D eigenvalue weighted by Gasteiger charge is -2.01. The second kappa shape index (κ2) is 3.96. The molecule has 2 rings (SSSR count). The van der Waals surface area contributed by atoms with Crippen molar-refractivity contribution in [3.8, 4) is 0 Å². The minimum atomic E-state index is -0.305. The number of nitrogens with zero attached hydrogens (tertiary/aromatic N) is 2. The number of aryl methyl sites for hydroxylation is 2. The average molecular weight is 218 g/mol. The lowest BCUT2D eigenvalue weighted by Crippen LogP contribution is -2.05. The van der Waals surface area contributed by atoms with E-state index in [1.807, 2.05) is 32.2 Å². The van der Waals surface area contributed by atoms with Gasteiger partial charge in [0.1, 0.15) is 5.56 Å². The molecule has 84 valence electrons. The molecule has 0 unspecified atom stereocenters. The van der Waals surface area contributed by atoms with Crippen LogP contribution >= 0.6 is 0 Å². The third-order valence-corrected chi connectivity index (χ3v) is 2.45. The molecule has 2 heterocycles. The van der Waals surface area contributed by atoms with Gasteiger partial charge in [0.15, 0.2) is 0 Å². The average Bonchev–Trinajstić information content (AvgIpc) is 2.53. The summed E-state index contributed by atoms with van der Waals surface area (Å²) in [5.41, 5.74) is 3.16. The summed E-state index contributed by atoms with van der Waals surface area (Å²) in [6.07, 6.45) is 1.85. The van der Waals surface area contributed by atoms with E-state index in [0.29, 0.717) is 17.9 Å². The van der Waals surface area contributed by atoms with Crippen molar-refractivity contribution in [2.24, 2.45) is 0 Å². The summed E-state index contributed by atoms with van der Waals surface area (Å²) in [5, 5.41) is 4.27. The quantitative estimate of drug-likeness (QED) is 0.725. The predicted octanol–water partition coefficient (Wildman–Crippen LogP) is 2.13. The van der Waals surface area contributed by atoms with Crippen LogP contribution in [-0.2, 0) is 4.74 Å². The zero-order chi connectivity index (χ0) is 11.7. The fraction of sp³-hybridized carbons (Fsp3) is 0.333. The number of pyridine rings is 1. The molecule has 0 aliphatic heterocycles. The van der Waals surface area contributed by atoms with E-state index in [0.717, 1.165) is 11.1 Å². The van der Waals surface area contributed by atoms with Crippen molar-refractivity contribution in [3.63, 3.8) is 0 Å². The van der Waals surface area contributed by atoms with E-state index in [2.05, 4.69) is 5.10 Å². The molecular formula is C12H14N2O2. The van der Waals surface area contributed by atoms with Gasteiger partial charge in [-0.3, -0.25) is 0 Å². The second-order valence-electron chi connectivity index (χ2n) is 3.71. The summed E-state index contributed by atoms with van der Waals surface area (Å²) in [5.74, 6) is -0.305. The molecule has 2 aromatic heterocycles. The van der Waals surface area contributed by atoms with Crippen molar-refractivity contribution in [2.45, 2.75) is 20.8 Å². The van der Waals surface area contributed by atoms with Gasteiger partial charge >= 0.3 is 5.97 Å². The molecule has 0 radical (unpaired) electrons. The minimum Gasteiger partial charge on any atom is -0.462 e. The number of ether oxygens (including phenoxy) is 1. The summed E-state index contributed by atoms with van der Waals surface area (Å²) < 4.78 is 6.73. The topological polar surface area (TPSA) is 43.6 Å². The number of fused-ring (bicyclic) bond motifs is 1. The summed E-state index contributed by atoms with van der Waals surface area (Å²) in [6, 6.07) is 3.89. The third-order valence-electron chi connectivity index (χ3n) is 2.45. The summed E-state index contributed by atoms with van der Waals surface area (Å²) in [4.78, 5) is 11.8. The first-order chi connectivity index (χ1) is 7.63. The lowest BCUT2D eigenvalue weighted by molar-refractivity contribution is 0.0528. The van der Waals surface area contributed by atoms with Crippen molar-refractivity contribution >= 4 is 11.5 Å². The van der Waals surface area contributed by atoms with Crippen LogP contribution in [0.2, 0.25) is 0 Å². The number of hydrogen-bond donors (Lipinski definition) is 0. The SMILES string of the molecule is CCOC(=O)c1c(C)nn2ccc(C)cc12. The van der Waals surface area contributed by atoms with Crippen molar-refractivity contribution in [1.82, 2.24) is 9.61 Å². The first kappa shape index (κ1) is 10.7. The second-order valence-corrected chi connectivity index (χ2v) is 3.71. The molecule has 4 nitrogen and oxygen atoms in total. The molecule has 0 aromatic carbocycles. The normalized spacial score (nSPS) is 10.7. The Morgan fingerprint density at radius 2 is 2.25 bits per heavy atom. The Labute approximate surface area is 93.8 Å². The van der Waals surface area contributed by atoms with Crippen LogP contribution in [0.3, 0.4) is 0 Å². The molecule has 0 fully saturated rings. The number of esters is 1. The number of aromatic nitrogens is 2. The Bertz CT molecular complexity index is 543. The maximum Gasteiger partial charge on any atom is 0.342 e. The molecule has 0 aliphatic carbocycles. The van der Waals surface area contributed by atoms with Gasteiger partial charge in [-0.15, -0.1) is 0 Å². The van der Waals surface area contributed by atoms with Crippen LogP contribution in [0.4, 0.5) is 0 Å². The molecule has 0 atom stereocenters. The Morgan fingerprint density at radius 1 is 1.50 bits per heavy atom. The summed E-state index contributed by atoms with van der Waals surface area (Å²) >= 11 is 0. The molecule has 0 N–H and O–H groups in total. The van der Waals surface area contributed by atoms with Crippen molar-refractivity contribution in [2.75, 3.05) is 6.61 Å². The van der Waals surface area contributed by atoms with Gasteiger partial charge in [-0.2, -0.15) is 5.10 Å². The van der Waals surface area contributed by atoms with E-state index in [-0.39, 0.29) is 5.97 Å². The first-order valence-corrected chi connectivity index (χ1v) is 5.26. The van der Waals surface area contributed by atoms with Gasteiger partial charge in [-0.05, 0) is 38.5 Å².